The third kappa shape index (κ3) is 5.34. The van der Waals surface area contributed by atoms with Crippen molar-refractivity contribution in [2.24, 2.45) is 0 Å². The van der Waals surface area contributed by atoms with Gasteiger partial charge in [0.05, 0.1) is 6.61 Å². The number of hydrogen-bond donors (Lipinski definition) is 1. The summed E-state index contributed by atoms with van der Waals surface area (Å²) >= 11 is 0. The number of rotatable bonds is 9. The van der Waals surface area contributed by atoms with E-state index in [2.05, 4.69) is 29.1 Å². The van der Waals surface area contributed by atoms with Crippen molar-refractivity contribution in [1.29, 1.82) is 0 Å². The summed E-state index contributed by atoms with van der Waals surface area (Å²) in [5.74, 6) is 2.42. The molecule has 0 atom stereocenters. The summed E-state index contributed by atoms with van der Waals surface area (Å²) in [6, 6.07) is 1.88. The molecule has 0 saturated carbocycles. The predicted octanol–water partition coefficient (Wildman–Crippen LogP) is 3.43. The average molecular weight is 251 g/mol. The van der Waals surface area contributed by atoms with E-state index in [0.29, 0.717) is 12.5 Å². The van der Waals surface area contributed by atoms with Crippen molar-refractivity contribution < 1.29 is 4.74 Å². The Balaban J connectivity index is 2.63. The van der Waals surface area contributed by atoms with Crippen LogP contribution in [0.2, 0.25) is 0 Å². The molecule has 18 heavy (non-hydrogen) atoms. The van der Waals surface area contributed by atoms with E-state index in [4.69, 9.17) is 4.74 Å². The zero-order chi connectivity index (χ0) is 13.2. The summed E-state index contributed by atoms with van der Waals surface area (Å²) in [6.45, 7) is 7.90. The van der Waals surface area contributed by atoms with Gasteiger partial charge in [-0.1, -0.05) is 26.7 Å². The molecule has 0 aromatic carbocycles. The highest BCUT2D eigenvalue weighted by atomic mass is 16.5. The van der Waals surface area contributed by atoms with Crippen LogP contribution in [0.5, 0.6) is 5.88 Å². The summed E-state index contributed by atoms with van der Waals surface area (Å²) in [4.78, 5) is 8.88. The van der Waals surface area contributed by atoms with Gasteiger partial charge in [0.1, 0.15) is 11.6 Å². The van der Waals surface area contributed by atoms with Gasteiger partial charge < -0.3 is 10.1 Å². The summed E-state index contributed by atoms with van der Waals surface area (Å²) in [6.07, 6.45) is 5.60. The fourth-order valence-corrected chi connectivity index (χ4v) is 1.71. The Hall–Kier alpha value is -1.32. The molecule has 0 aliphatic carbocycles. The van der Waals surface area contributed by atoms with Crippen LogP contribution in [0, 0.1) is 0 Å². The second-order valence-electron chi connectivity index (χ2n) is 4.32. The van der Waals surface area contributed by atoms with E-state index < -0.39 is 0 Å². The van der Waals surface area contributed by atoms with E-state index in [1.54, 1.807) is 0 Å². The van der Waals surface area contributed by atoms with E-state index in [9.17, 15) is 0 Å². The van der Waals surface area contributed by atoms with Crippen LogP contribution in [0.1, 0.15) is 52.3 Å². The molecule has 4 heteroatoms. The fourth-order valence-electron chi connectivity index (χ4n) is 1.71. The molecule has 1 aromatic rings. The highest BCUT2D eigenvalue weighted by Gasteiger charge is 2.04. The Labute approximate surface area is 110 Å². The first-order valence-corrected chi connectivity index (χ1v) is 7.04. The normalized spacial score (nSPS) is 10.4. The van der Waals surface area contributed by atoms with Crippen molar-refractivity contribution in [2.75, 3.05) is 18.5 Å². The number of aromatic nitrogens is 2. The molecule has 102 valence electrons. The number of nitrogens with zero attached hydrogens (tertiary/aromatic N) is 2. The van der Waals surface area contributed by atoms with Crippen molar-refractivity contribution in [1.82, 2.24) is 9.97 Å². The average Bonchev–Trinajstić information content (AvgIpc) is 2.35. The maximum Gasteiger partial charge on any atom is 0.218 e. The lowest BCUT2D eigenvalue weighted by Gasteiger charge is -2.09. The number of unbranched alkanes of at least 4 members (excludes halogenated alkanes) is 2. The zero-order valence-corrected chi connectivity index (χ0v) is 11.8. The maximum atomic E-state index is 5.47. The number of anilines is 1. The van der Waals surface area contributed by atoms with Gasteiger partial charge in [-0.15, -0.1) is 0 Å². The molecule has 0 radical (unpaired) electrons. The number of aryl methyl sites for hydroxylation is 1. The van der Waals surface area contributed by atoms with E-state index >= 15 is 0 Å². The smallest absolute Gasteiger partial charge is 0.218 e. The molecule has 0 aliphatic heterocycles. The lowest BCUT2D eigenvalue weighted by Crippen LogP contribution is -2.07. The number of hydrogen-bond acceptors (Lipinski definition) is 4. The molecule has 1 N–H and O–H groups in total. The van der Waals surface area contributed by atoms with Gasteiger partial charge in [0.15, 0.2) is 0 Å². The van der Waals surface area contributed by atoms with E-state index in [0.717, 1.165) is 31.0 Å². The third-order valence-electron chi connectivity index (χ3n) is 2.60. The Morgan fingerprint density at radius 3 is 2.61 bits per heavy atom. The lowest BCUT2D eigenvalue weighted by molar-refractivity contribution is 0.325. The lowest BCUT2D eigenvalue weighted by atomic mass is 10.2. The highest BCUT2D eigenvalue weighted by molar-refractivity contribution is 5.38. The summed E-state index contributed by atoms with van der Waals surface area (Å²) < 4.78 is 5.47. The molecule has 0 saturated heterocycles. The first-order valence-electron chi connectivity index (χ1n) is 7.04. The Morgan fingerprint density at radius 2 is 1.94 bits per heavy atom. The number of nitrogens with one attached hydrogen (secondary N) is 1. The Kier molecular flexibility index (Phi) is 7.14. The molecule has 0 unspecified atom stereocenters. The van der Waals surface area contributed by atoms with Crippen molar-refractivity contribution >= 4 is 5.82 Å². The van der Waals surface area contributed by atoms with Crippen molar-refractivity contribution in [2.45, 2.75) is 52.9 Å². The Morgan fingerprint density at radius 1 is 1.11 bits per heavy atom. The van der Waals surface area contributed by atoms with Gasteiger partial charge in [-0.2, -0.15) is 4.98 Å². The molecular formula is C14H25N3O. The fraction of sp³-hybridized carbons (Fsp3) is 0.714. The van der Waals surface area contributed by atoms with Crippen molar-refractivity contribution in [3.8, 4) is 5.88 Å². The van der Waals surface area contributed by atoms with Crippen LogP contribution in [-0.2, 0) is 6.42 Å². The SMILES string of the molecule is CCCCCNc1cc(OCC)nc(CCC)n1. The summed E-state index contributed by atoms with van der Waals surface area (Å²) in [7, 11) is 0. The molecule has 1 rings (SSSR count). The second kappa shape index (κ2) is 8.72. The van der Waals surface area contributed by atoms with Crippen LogP contribution in [0.15, 0.2) is 6.07 Å². The molecule has 0 fully saturated rings. The topological polar surface area (TPSA) is 47.0 Å². The van der Waals surface area contributed by atoms with Gasteiger partial charge in [0.25, 0.3) is 0 Å². The largest absolute Gasteiger partial charge is 0.478 e. The van der Waals surface area contributed by atoms with Crippen LogP contribution in [0.4, 0.5) is 5.82 Å². The quantitative estimate of drug-likeness (QED) is 0.683. The zero-order valence-electron chi connectivity index (χ0n) is 11.8. The van der Waals surface area contributed by atoms with Crippen molar-refractivity contribution in [3.05, 3.63) is 11.9 Å². The summed E-state index contributed by atoms with van der Waals surface area (Å²) in [5, 5.41) is 3.35. The molecule has 0 aliphatic rings. The molecular weight excluding hydrogens is 226 g/mol. The first-order chi connectivity index (χ1) is 8.80. The van der Waals surface area contributed by atoms with Crippen LogP contribution < -0.4 is 10.1 Å². The minimum atomic E-state index is 0.637. The highest BCUT2D eigenvalue weighted by Crippen LogP contribution is 2.14. The van der Waals surface area contributed by atoms with E-state index in [1.807, 2.05) is 13.0 Å². The van der Waals surface area contributed by atoms with E-state index in [-0.39, 0.29) is 0 Å². The standard InChI is InChI=1S/C14H25N3O/c1-4-7-8-10-15-13-11-14(18-6-3)17-12(16-13)9-5-2/h11H,4-10H2,1-3H3,(H,15,16,17). The second-order valence-corrected chi connectivity index (χ2v) is 4.32. The van der Waals surface area contributed by atoms with Gasteiger partial charge in [-0.25, -0.2) is 4.98 Å². The minimum absolute atomic E-state index is 0.637. The molecule has 1 aromatic heterocycles. The maximum absolute atomic E-state index is 5.47. The van der Waals surface area contributed by atoms with Gasteiger partial charge in [-0.3, -0.25) is 0 Å². The Bertz CT molecular complexity index is 318. The molecule has 0 bridgehead atoms. The monoisotopic (exact) mass is 251 g/mol. The van der Waals surface area contributed by atoms with Gasteiger partial charge >= 0.3 is 0 Å². The third-order valence-corrected chi connectivity index (χ3v) is 2.60. The predicted molar refractivity (Wildman–Crippen MR) is 75.2 cm³/mol. The minimum Gasteiger partial charge on any atom is -0.478 e. The van der Waals surface area contributed by atoms with Gasteiger partial charge in [-0.05, 0) is 19.8 Å². The van der Waals surface area contributed by atoms with Gasteiger partial charge in [0, 0.05) is 19.0 Å². The first kappa shape index (κ1) is 14.7. The van der Waals surface area contributed by atoms with Crippen LogP contribution in [-0.4, -0.2) is 23.1 Å². The number of ether oxygens (including phenoxy) is 1. The van der Waals surface area contributed by atoms with Crippen LogP contribution in [0.3, 0.4) is 0 Å². The molecule has 0 amide bonds. The van der Waals surface area contributed by atoms with Crippen LogP contribution >= 0.6 is 0 Å². The molecule has 0 spiro atoms. The van der Waals surface area contributed by atoms with E-state index in [1.165, 1.54) is 19.3 Å². The van der Waals surface area contributed by atoms with Crippen molar-refractivity contribution in [3.63, 3.8) is 0 Å². The summed E-state index contributed by atoms with van der Waals surface area (Å²) in [5.41, 5.74) is 0. The molecule has 4 nitrogen and oxygen atoms in total. The van der Waals surface area contributed by atoms with Gasteiger partial charge in [0.2, 0.25) is 5.88 Å². The van der Waals surface area contributed by atoms with Crippen LogP contribution in [0.25, 0.3) is 0 Å². The molecule has 1 heterocycles.